The summed E-state index contributed by atoms with van der Waals surface area (Å²) in [5.74, 6) is 0. The van der Waals surface area contributed by atoms with Crippen LogP contribution in [-0.2, 0) is 6.54 Å². The predicted octanol–water partition coefficient (Wildman–Crippen LogP) is 4.44. The molecular formula is C12H11Cl2NS. The third-order valence-corrected chi connectivity index (χ3v) is 4.01. The molecule has 4 heteroatoms. The molecule has 0 saturated heterocycles. The van der Waals surface area contributed by atoms with Crippen LogP contribution in [0.4, 0.5) is 0 Å². The zero-order chi connectivity index (χ0) is 11.5. The van der Waals surface area contributed by atoms with Crippen molar-refractivity contribution in [1.29, 1.82) is 0 Å². The molecule has 0 aliphatic carbocycles. The van der Waals surface area contributed by atoms with E-state index < -0.39 is 0 Å². The Balaban J connectivity index is 2.31. The van der Waals surface area contributed by atoms with Gasteiger partial charge >= 0.3 is 0 Å². The lowest BCUT2D eigenvalue weighted by molar-refractivity contribution is 0.821. The monoisotopic (exact) mass is 271 g/mol. The van der Waals surface area contributed by atoms with Crippen LogP contribution >= 0.6 is 34.5 Å². The predicted molar refractivity (Wildman–Crippen MR) is 72.5 cm³/mol. The summed E-state index contributed by atoms with van der Waals surface area (Å²) in [4.78, 5) is 1.21. The van der Waals surface area contributed by atoms with Crippen molar-refractivity contribution in [2.45, 2.75) is 6.54 Å². The number of hydrogen-bond acceptors (Lipinski definition) is 2. The fourth-order valence-corrected chi connectivity index (χ4v) is 2.68. The van der Waals surface area contributed by atoms with Gasteiger partial charge in [0.05, 0.1) is 10.0 Å². The van der Waals surface area contributed by atoms with Crippen molar-refractivity contribution in [3.05, 3.63) is 45.3 Å². The molecule has 1 aromatic heterocycles. The highest BCUT2D eigenvalue weighted by Gasteiger charge is 2.04. The highest BCUT2D eigenvalue weighted by molar-refractivity contribution is 7.13. The van der Waals surface area contributed by atoms with Crippen molar-refractivity contribution in [1.82, 2.24) is 5.32 Å². The molecule has 1 aromatic carbocycles. The van der Waals surface area contributed by atoms with Gasteiger partial charge in [0.15, 0.2) is 0 Å². The highest BCUT2D eigenvalue weighted by atomic mass is 35.5. The number of halogens is 2. The molecule has 0 spiro atoms. The van der Waals surface area contributed by atoms with Crippen molar-refractivity contribution in [3.8, 4) is 10.4 Å². The fourth-order valence-electron chi connectivity index (χ4n) is 1.47. The maximum atomic E-state index is 5.99. The Bertz CT molecular complexity index is 494. The topological polar surface area (TPSA) is 12.0 Å². The summed E-state index contributed by atoms with van der Waals surface area (Å²) in [6.45, 7) is 0.887. The lowest BCUT2D eigenvalue weighted by atomic mass is 10.1. The molecule has 0 bridgehead atoms. The Morgan fingerprint density at radius 2 is 2.00 bits per heavy atom. The van der Waals surface area contributed by atoms with Crippen LogP contribution in [0.15, 0.2) is 29.6 Å². The van der Waals surface area contributed by atoms with Gasteiger partial charge in [-0.3, -0.25) is 0 Å². The molecule has 2 rings (SSSR count). The van der Waals surface area contributed by atoms with E-state index >= 15 is 0 Å². The van der Waals surface area contributed by atoms with Crippen LogP contribution in [0.3, 0.4) is 0 Å². The molecule has 0 fully saturated rings. The minimum absolute atomic E-state index is 0.595. The smallest absolute Gasteiger partial charge is 0.0598 e. The van der Waals surface area contributed by atoms with E-state index in [4.69, 9.17) is 23.2 Å². The Hall–Kier alpha value is -0.540. The number of thiophene rings is 1. The van der Waals surface area contributed by atoms with Gasteiger partial charge in [0.2, 0.25) is 0 Å². The second kappa shape index (κ2) is 5.19. The molecule has 0 saturated carbocycles. The average Bonchev–Trinajstić information content (AvgIpc) is 2.71. The quantitative estimate of drug-likeness (QED) is 0.870. The maximum Gasteiger partial charge on any atom is 0.0598 e. The van der Waals surface area contributed by atoms with E-state index in [9.17, 15) is 0 Å². The molecule has 1 heterocycles. The van der Waals surface area contributed by atoms with Crippen LogP contribution < -0.4 is 5.32 Å². The van der Waals surface area contributed by atoms with E-state index in [1.807, 2.05) is 25.2 Å². The maximum absolute atomic E-state index is 5.99. The average molecular weight is 272 g/mol. The number of rotatable bonds is 3. The highest BCUT2D eigenvalue weighted by Crippen LogP contribution is 2.32. The van der Waals surface area contributed by atoms with Crippen LogP contribution in [0.2, 0.25) is 10.0 Å². The molecule has 0 amide bonds. The van der Waals surface area contributed by atoms with Gasteiger partial charge in [0, 0.05) is 11.4 Å². The molecule has 1 N–H and O–H groups in total. The summed E-state index contributed by atoms with van der Waals surface area (Å²) in [5, 5.41) is 6.47. The molecule has 1 nitrogen and oxygen atoms in total. The Morgan fingerprint density at radius 3 is 2.69 bits per heavy atom. The van der Waals surface area contributed by atoms with Crippen LogP contribution in [0.25, 0.3) is 10.4 Å². The lowest BCUT2D eigenvalue weighted by Gasteiger charge is -2.00. The van der Waals surface area contributed by atoms with Gasteiger partial charge in [-0.2, -0.15) is 0 Å². The largest absolute Gasteiger partial charge is 0.316 e. The lowest BCUT2D eigenvalue weighted by Crippen LogP contribution is -2.03. The first-order valence-electron chi connectivity index (χ1n) is 4.88. The number of hydrogen-bond donors (Lipinski definition) is 1. The Morgan fingerprint density at radius 1 is 1.19 bits per heavy atom. The van der Waals surface area contributed by atoms with Gasteiger partial charge in [0.25, 0.3) is 0 Å². The molecule has 0 atom stereocenters. The summed E-state index contributed by atoms with van der Waals surface area (Å²) < 4.78 is 0. The molecule has 0 aliphatic rings. The fraction of sp³-hybridized carbons (Fsp3) is 0.167. The van der Waals surface area contributed by atoms with Crippen molar-refractivity contribution in [2.24, 2.45) is 0 Å². The van der Waals surface area contributed by atoms with E-state index in [0.29, 0.717) is 10.0 Å². The SMILES string of the molecule is CNCc1csc(-c2ccc(Cl)c(Cl)c2)c1. The normalized spacial score (nSPS) is 10.7. The zero-order valence-electron chi connectivity index (χ0n) is 8.76. The van der Waals surface area contributed by atoms with Gasteiger partial charge in [-0.05, 0) is 41.8 Å². The first-order chi connectivity index (χ1) is 7.70. The van der Waals surface area contributed by atoms with Crippen molar-refractivity contribution < 1.29 is 0 Å². The van der Waals surface area contributed by atoms with Crippen LogP contribution in [0.5, 0.6) is 0 Å². The second-order valence-corrected chi connectivity index (χ2v) is 5.20. The first kappa shape index (κ1) is 11.9. The van der Waals surface area contributed by atoms with Crippen LogP contribution in [0, 0.1) is 0 Å². The van der Waals surface area contributed by atoms with Crippen LogP contribution in [0.1, 0.15) is 5.56 Å². The van der Waals surface area contributed by atoms with E-state index in [1.54, 1.807) is 11.3 Å². The van der Waals surface area contributed by atoms with Gasteiger partial charge in [-0.1, -0.05) is 29.3 Å². The minimum Gasteiger partial charge on any atom is -0.316 e. The first-order valence-corrected chi connectivity index (χ1v) is 6.51. The Labute approximate surface area is 109 Å². The summed E-state index contributed by atoms with van der Waals surface area (Å²) in [6, 6.07) is 7.89. The van der Waals surface area contributed by atoms with E-state index in [0.717, 1.165) is 12.1 Å². The molecule has 0 aliphatic heterocycles. The summed E-state index contributed by atoms with van der Waals surface area (Å²) in [5.41, 5.74) is 2.40. The molecule has 84 valence electrons. The van der Waals surface area contributed by atoms with E-state index in [-0.39, 0.29) is 0 Å². The van der Waals surface area contributed by atoms with E-state index in [1.165, 1.54) is 10.4 Å². The van der Waals surface area contributed by atoms with Crippen molar-refractivity contribution in [2.75, 3.05) is 7.05 Å². The third kappa shape index (κ3) is 2.58. The molecule has 16 heavy (non-hydrogen) atoms. The third-order valence-electron chi connectivity index (χ3n) is 2.24. The molecule has 0 radical (unpaired) electrons. The number of benzene rings is 1. The van der Waals surface area contributed by atoms with Gasteiger partial charge in [-0.15, -0.1) is 11.3 Å². The van der Waals surface area contributed by atoms with Crippen LogP contribution in [-0.4, -0.2) is 7.05 Å². The van der Waals surface area contributed by atoms with Gasteiger partial charge < -0.3 is 5.32 Å². The van der Waals surface area contributed by atoms with Crippen molar-refractivity contribution in [3.63, 3.8) is 0 Å². The van der Waals surface area contributed by atoms with E-state index in [2.05, 4.69) is 16.8 Å². The summed E-state index contributed by atoms with van der Waals surface area (Å²) in [7, 11) is 1.94. The number of nitrogens with one attached hydrogen (secondary N) is 1. The summed E-state index contributed by atoms with van der Waals surface area (Å²) in [6.07, 6.45) is 0. The Kier molecular flexibility index (Phi) is 3.87. The zero-order valence-corrected chi connectivity index (χ0v) is 11.1. The summed E-state index contributed by atoms with van der Waals surface area (Å²) >= 11 is 13.6. The molecule has 0 unspecified atom stereocenters. The molecular weight excluding hydrogens is 261 g/mol. The second-order valence-electron chi connectivity index (χ2n) is 3.48. The van der Waals surface area contributed by atoms with Crippen molar-refractivity contribution >= 4 is 34.5 Å². The van der Waals surface area contributed by atoms with Gasteiger partial charge in [-0.25, -0.2) is 0 Å². The minimum atomic E-state index is 0.595. The molecule has 2 aromatic rings. The van der Waals surface area contributed by atoms with Gasteiger partial charge in [0.1, 0.15) is 0 Å². The standard InChI is InChI=1S/C12H11Cl2NS/c1-15-6-8-4-12(16-7-8)9-2-3-10(13)11(14)5-9/h2-5,7,15H,6H2,1H3.